The number of aromatic hydroxyl groups is 3. The first-order valence-electron chi connectivity index (χ1n) is 9.33. The van der Waals surface area contributed by atoms with Gasteiger partial charge in [-0.3, -0.25) is 0 Å². The van der Waals surface area contributed by atoms with Crippen molar-refractivity contribution in [1.29, 1.82) is 0 Å². The minimum atomic E-state index is -1.36. The van der Waals surface area contributed by atoms with Gasteiger partial charge in [-0.1, -0.05) is 36.4 Å². The van der Waals surface area contributed by atoms with Gasteiger partial charge in [-0.2, -0.15) is 0 Å². The number of para-hydroxylation sites is 3. The van der Waals surface area contributed by atoms with Gasteiger partial charge in [-0.05, 0) is 36.4 Å². The fourth-order valence-electron chi connectivity index (χ4n) is 1.94. The summed E-state index contributed by atoms with van der Waals surface area (Å²) in [5.41, 5.74) is -0.535. The van der Waals surface area contributed by atoms with Gasteiger partial charge in [0.25, 0.3) is 0 Å². The van der Waals surface area contributed by atoms with Crippen LogP contribution in [0.1, 0.15) is 38.0 Å². The molecular formula is C23H24HgNaO9S. The van der Waals surface area contributed by atoms with Crippen LogP contribution in [0.15, 0.2) is 72.8 Å². The number of hydrogen-bond acceptors (Lipinski definition) is 9. The number of carboxylic acid groups (broad SMARTS) is 3. The zero-order valence-corrected chi connectivity index (χ0v) is 28.3. The molecule has 3 aromatic carbocycles. The number of carboxylic acids is 3. The largest absolute Gasteiger partial charge is 1.00 e. The Balaban J connectivity index is -0.000000404. The molecule has 3 aromatic rings. The number of carbonyl (C=O) groups excluding carboxylic acids is 3. The molecule has 179 valence electrons. The Morgan fingerprint density at radius 3 is 0.914 bits per heavy atom. The van der Waals surface area contributed by atoms with E-state index < -0.39 is 17.9 Å². The third-order valence-corrected chi connectivity index (χ3v) is 3.37. The summed E-state index contributed by atoms with van der Waals surface area (Å²) in [6.07, 6.45) is 0. The number of hydrogen-bond donors (Lipinski definition) is 3. The molecule has 0 atom stereocenters. The van der Waals surface area contributed by atoms with Gasteiger partial charge in [0.15, 0.2) is 0 Å². The van der Waals surface area contributed by atoms with Gasteiger partial charge in [0.05, 0.1) is 17.9 Å². The summed E-state index contributed by atoms with van der Waals surface area (Å²) >= 11 is 1.07. The van der Waals surface area contributed by atoms with Crippen LogP contribution in [-0.4, -0.2) is 33.2 Å². The molecule has 0 aliphatic rings. The summed E-state index contributed by atoms with van der Waals surface area (Å²) in [4.78, 5) is 30.5. The zero-order valence-electron chi connectivity index (χ0n) is 19.3. The molecule has 0 aliphatic heterocycles. The monoisotopic (exact) mass is 701 g/mol. The molecule has 12 heteroatoms. The molecular weight excluding hydrogens is 676 g/mol. The van der Waals surface area contributed by atoms with E-state index in [-0.39, 0.29) is 77.0 Å². The number of benzene rings is 3. The molecule has 0 heterocycles. The minimum Gasteiger partial charge on any atom is -0.545 e. The Bertz CT molecular complexity index is 932. The minimum absolute atomic E-state index is 0. The standard InChI is InChI=1S/3C7H6O3.C2H5.Hg.Na.H4S/c3*8-6-4-2-1-3-5(6)7(9)10;1-2;;;/h3*1-4,8H,(H,9,10);1H2,2H3;;;1H4/q;;;;;+1;+2/p-3. The molecule has 0 aromatic heterocycles. The topological polar surface area (TPSA) is 181 Å². The number of rotatable bonds is 3. The summed E-state index contributed by atoms with van der Waals surface area (Å²) in [6.45, 7) is 2.21. The van der Waals surface area contributed by atoms with E-state index >= 15 is 0 Å². The molecule has 0 amide bonds. The van der Waals surface area contributed by atoms with Crippen molar-refractivity contribution in [3.05, 3.63) is 89.5 Å². The second-order valence-electron chi connectivity index (χ2n) is 5.91. The summed E-state index contributed by atoms with van der Waals surface area (Å²) < 4.78 is 1.44. The van der Waals surface area contributed by atoms with Gasteiger partial charge in [-0.25, -0.2) is 13.5 Å². The quantitative estimate of drug-likeness (QED) is 0.231. The molecule has 0 fully saturated rings. The van der Waals surface area contributed by atoms with Crippen LogP contribution in [0.3, 0.4) is 0 Å². The van der Waals surface area contributed by atoms with E-state index in [0.29, 0.717) is 0 Å². The van der Waals surface area contributed by atoms with E-state index in [1.165, 1.54) is 58.5 Å². The first-order chi connectivity index (χ1) is 15.6. The van der Waals surface area contributed by atoms with Crippen LogP contribution in [-0.2, 0) is 39.6 Å². The third-order valence-electron chi connectivity index (χ3n) is 3.37. The average Bonchev–Trinajstić information content (AvgIpc) is 2.75. The maximum absolute atomic E-state index is 10.2. The van der Waals surface area contributed by atoms with Crippen molar-refractivity contribution < 1.29 is 101 Å². The molecule has 0 radical (unpaired) electrons. The van der Waals surface area contributed by atoms with E-state index in [1.54, 1.807) is 18.2 Å². The number of carbonyl (C=O) groups is 3. The smallest absolute Gasteiger partial charge is 0.545 e. The van der Waals surface area contributed by atoms with Crippen molar-refractivity contribution in [2.24, 2.45) is 0 Å². The first kappa shape index (κ1) is 37.3. The van der Waals surface area contributed by atoms with E-state index in [9.17, 15) is 29.7 Å². The van der Waals surface area contributed by atoms with Crippen LogP contribution in [0, 0.1) is 0 Å². The molecule has 35 heavy (non-hydrogen) atoms. The van der Waals surface area contributed by atoms with Gasteiger partial charge in [-0.15, -0.1) is 0 Å². The van der Waals surface area contributed by atoms with Crippen molar-refractivity contribution in [2.75, 3.05) is 0 Å². The van der Waals surface area contributed by atoms with Gasteiger partial charge in [0.2, 0.25) is 0 Å². The normalized spacial score (nSPS) is 8.43. The average molecular weight is 700 g/mol. The Kier molecular flexibility index (Phi) is 22.5. The van der Waals surface area contributed by atoms with Crippen molar-refractivity contribution in [3.63, 3.8) is 0 Å². The molecule has 0 saturated heterocycles. The number of phenols is 3. The van der Waals surface area contributed by atoms with Gasteiger partial charge >= 0.3 is 66.5 Å². The van der Waals surface area contributed by atoms with Crippen LogP contribution in [0.25, 0.3) is 0 Å². The molecule has 0 spiro atoms. The van der Waals surface area contributed by atoms with E-state index in [1.807, 2.05) is 0 Å². The van der Waals surface area contributed by atoms with Crippen LogP contribution in [0.5, 0.6) is 17.2 Å². The van der Waals surface area contributed by atoms with E-state index in [0.717, 1.165) is 26.1 Å². The van der Waals surface area contributed by atoms with Crippen molar-refractivity contribution in [3.8, 4) is 17.2 Å². The van der Waals surface area contributed by atoms with Crippen LogP contribution in [0.4, 0.5) is 0 Å². The molecule has 0 aliphatic carbocycles. The molecule has 0 unspecified atom stereocenters. The maximum atomic E-state index is 10.2. The summed E-state index contributed by atoms with van der Waals surface area (Å²) in [7, 11) is 0. The van der Waals surface area contributed by atoms with E-state index in [4.69, 9.17) is 15.3 Å². The predicted octanol–water partition coefficient (Wildman–Crippen LogP) is -3.83. The van der Waals surface area contributed by atoms with Gasteiger partial charge < -0.3 is 45.0 Å². The molecule has 3 N–H and O–H groups in total. The Hall–Kier alpha value is -2.24. The third kappa shape index (κ3) is 15.4. The van der Waals surface area contributed by atoms with Crippen LogP contribution < -0.4 is 44.9 Å². The van der Waals surface area contributed by atoms with Gasteiger partial charge in [0, 0.05) is 16.7 Å². The zero-order chi connectivity index (χ0) is 25.4. The van der Waals surface area contributed by atoms with Crippen molar-refractivity contribution >= 4 is 31.4 Å². The molecule has 9 nitrogen and oxygen atoms in total. The van der Waals surface area contributed by atoms with Crippen molar-refractivity contribution in [1.82, 2.24) is 0 Å². The summed E-state index contributed by atoms with van der Waals surface area (Å²) in [5.74, 6) is -4.87. The summed E-state index contributed by atoms with van der Waals surface area (Å²) in [5, 5.41) is 57.0. The Labute approximate surface area is 247 Å². The summed E-state index contributed by atoms with van der Waals surface area (Å²) in [6, 6.07) is 16.9. The number of aromatic carboxylic acids is 3. The van der Waals surface area contributed by atoms with Crippen molar-refractivity contribution in [2.45, 2.75) is 10.9 Å². The SMILES string of the molecule is C[CH2][Hg].O=C([O-])c1ccccc1O.O=C([O-])c1ccccc1O.O=C([O-])c1ccccc1O.[Na+].[SH4+2]. The maximum Gasteiger partial charge on any atom is 1.00 e. The fourth-order valence-corrected chi connectivity index (χ4v) is 1.94. The molecule has 0 bridgehead atoms. The van der Waals surface area contributed by atoms with Gasteiger partial charge in [0.1, 0.15) is 17.2 Å². The van der Waals surface area contributed by atoms with Crippen LogP contribution in [0.2, 0.25) is 3.93 Å². The van der Waals surface area contributed by atoms with E-state index in [2.05, 4.69) is 6.92 Å². The molecule has 0 saturated carbocycles. The predicted molar refractivity (Wildman–Crippen MR) is 121 cm³/mol. The Morgan fingerprint density at radius 1 is 0.629 bits per heavy atom. The second kappa shape index (κ2) is 21.1. The fraction of sp³-hybridized carbons (Fsp3) is 0.0870. The molecule has 3 rings (SSSR count). The second-order valence-corrected chi connectivity index (χ2v) is 9.80. The Morgan fingerprint density at radius 2 is 0.800 bits per heavy atom. The first-order valence-corrected chi connectivity index (χ1v) is 13.2. The van der Waals surface area contributed by atoms with Crippen LogP contribution >= 0.6 is 0 Å².